The van der Waals surface area contributed by atoms with Crippen molar-refractivity contribution in [1.82, 2.24) is 4.98 Å². The topological polar surface area (TPSA) is 12.9 Å². The van der Waals surface area contributed by atoms with Crippen molar-refractivity contribution < 1.29 is 0 Å². The van der Waals surface area contributed by atoms with Crippen LogP contribution in [0.4, 0.5) is 0 Å². The largest absolute Gasteiger partial charge is 0.224 e. The average molecular weight is 218 g/mol. The summed E-state index contributed by atoms with van der Waals surface area (Å²) in [6.07, 6.45) is 2.28. The van der Waals surface area contributed by atoms with Gasteiger partial charge < -0.3 is 0 Å². The van der Waals surface area contributed by atoms with Gasteiger partial charge in [0.2, 0.25) is 0 Å². The zero-order valence-corrected chi connectivity index (χ0v) is 9.36. The number of hydrogen-bond acceptors (Lipinski definition) is 1. The number of rotatable bonds is 3. The van der Waals surface area contributed by atoms with Crippen LogP contribution in [-0.4, -0.2) is 4.98 Å². The average Bonchev–Trinajstić information content (AvgIpc) is 2.04. The molecule has 0 N–H and O–H groups in total. The standard InChI is InChI=1S/C10H13Cl2N/c1-3-4-7(2)8-5-6-9(11)13-10(8)12/h5-7H,3-4H2,1-2H3. The van der Waals surface area contributed by atoms with Gasteiger partial charge >= 0.3 is 0 Å². The second-order valence-corrected chi connectivity index (χ2v) is 3.95. The summed E-state index contributed by atoms with van der Waals surface area (Å²) in [5.41, 5.74) is 1.09. The van der Waals surface area contributed by atoms with Crippen molar-refractivity contribution in [2.24, 2.45) is 0 Å². The molecule has 0 fully saturated rings. The first-order chi connectivity index (χ1) is 6.15. The Morgan fingerprint density at radius 2 is 2.08 bits per heavy atom. The van der Waals surface area contributed by atoms with Crippen LogP contribution < -0.4 is 0 Å². The summed E-state index contributed by atoms with van der Waals surface area (Å²) >= 11 is 11.7. The minimum atomic E-state index is 0.456. The van der Waals surface area contributed by atoms with Crippen LogP contribution in [0.5, 0.6) is 0 Å². The van der Waals surface area contributed by atoms with Crippen LogP contribution >= 0.6 is 23.2 Å². The van der Waals surface area contributed by atoms with Crippen molar-refractivity contribution in [3.8, 4) is 0 Å². The van der Waals surface area contributed by atoms with E-state index >= 15 is 0 Å². The monoisotopic (exact) mass is 217 g/mol. The van der Waals surface area contributed by atoms with E-state index in [2.05, 4.69) is 18.8 Å². The highest BCUT2D eigenvalue weighted by Crippen LogP contribution is 2.27. The quantitative estimate of drug-likeness (QED) is 0.689. The molecule has 3 heteroatoms. The highest BCUT2D eigenvalue weighted by Gasteiger charge is 2.09. The lowest BCUT2D eigenvalue weighted by molar-refractivity contribution is 0.663. The minimum absolute atomic E-state index is 0.456. The van der Waals surface area contributed by atoms with Crippen molar-refractivity contribution in [3.63, 3.8) is 0 Å². The molecule has 0 saturated carbocycles. The first-order valence-electron chi connectivity index (χ1n) is 4.47. The van der Waals surface area contributed by atoms with E-state index in [-0.39, 0.29) is 0 Å². The Morgan fingerprint density at radius 1 is 1.38 bits per heavy atom. The van der Waals surface area contributed by atoms with E-state index < -0.39 is 0 Å². The zero-order valence-electron chi connectivity index (χ0n) is 7.85. The Kier molecular flexibility index (Phi) is 4.01. The predicted molar refractivity (Wildman–Crippen MR) is 57.6 cm³/mol. The van der Waals surface area contributed by atoms with Gasteiger partial charge in [0.25, 0.3) is 0 Å². The van der Waals surface area contributed by atoms with Gasteiger partial charge in [-0.1, -0.05) is 49.5 Å². The Bertz CT molecular complexity index is 286. The van der Waals surface area contributed by atoms with Crippen LogP contribution in [0.2, 0.25) is 10.3 Å². The van der Waals surface area contributed by atoms with Gasteiger partial charge in [0.05, 0.1) is 0 Å². The summed E-state index contributed by atoms with van der Waals surface area (Å²) in [6.45, 7) is 4.31. The van der Waals surface area contributed by atoms with Crippen LogP contribution in [0.3, 0.4) is 0 Å². The molecule has 13 heavy (non-hydrogen) atoms. The van der Waals surface area contributed by atoms with Crippen LogP contribution in [0.15, 0.2) is 12.1 Å². The molecule has 1 aromatic heterocycles. The van der Waals surface area contributed by atoms with Crippen LogP contribution in [0.1, 0.15) is 38.2 Å². The van der Waals surface area contributed by atoms with E-state index in [1.165, 1.54) is 0 Å². The molecule has 1 atom stereocenters. The second-order valence-electron chi connectivity index (χ2n) is 3.20. The molecule has 0 spiro atoms. The van der Waals surface area contributed by atoms with E-state index in [1.54, 1.807) is 6.07 Å². The van der Waals surface area contributed by atoms with Gasteiger partial charge in [-0.15, -0.1) is 0 Å². The molecule has 0 aliphatic carbocycles. The second kappa shape index (κ2) is 4.83. The zero-order chi connectivity index (χ0) is 9.84. The van der Waals surface area contributed by atoms with E-state index in [9.17, 15) is 0 Å². The molecule has 1 heterocycles. The van der Waals surface area contributed by atoms with Crippen LogP contribution in [0.25, 0.3) is 0 Å². The maximum atomic E-state index is 5.96. The van der Waals surface area contributed by atoms with E-state index in [0.29, 0.717) is 16.2 Å². The molecular formula is C10H13Cl2N. The molecule has 0 saturated heterocycles. The fraction of sp³-hybridized carbons (Fsp3) is 0.500. The maximum Gasteiger partial charge on any atom is 0.134 e. The third kappa shape index (κ3) is 2.85. The molecule has 0 amide bonds. The van der Waals surface area contributed by atoms with Crippen molar-refractivity contribution in [2.75, 3.05) is 0 Å². The Labute approximate surface area is 89.1 Å². The SMILES string of the molecule is CCCC(C)c1ccc(Cl)nc1Cl. The van der Waals surface area contributed by atoms with E-state index in [0.717, 1.165) is 18.4 Å². The molecule has 1 rings (SSSR count). The van der Waals surface area contributed by atoms with E-state index in [4.69, 9.17) is 23.2 Å². The van der Waals surface area contributed by atoms with Gasteiger partial charge in [-0.25, -0.2) is 4.98 Å². The van der Waals surface area contributed by atoms with Gasteiger partial charge in [0.15, 0.2) is 0 Å². The number of halogens is 2. The lowest BCUT2D eigenvalue weighted by Gasteiger charge is -2.11. The predicted octanol–water partition coefficient (Wildman–Crippen LogP) is 4.29. The molecule has 0 aliphatic heterocycles. The fourth-order valence-electron chi connectivity index (χ4n) is 1.38. The van der Waals surface area contributed by atoms with Crippen molar-refractivity contribution >= 4 is 23.2 Å². The van der Waals surface area contributed by atoms with Crippen LogP contribution in [0, 0.1) is 0 Å². The molecule has 0 aliphatic rings. The molecule has 0 radical (unpaired) electrons. The summed E-state index contributed by atoms with van der Waals surface area (Å²) in [7, 11) is 0. The van der Waals surface area contributed by atoms with Gasteiger partial charge in [0, 0.05) is 0 Å². The summed E-state index contributed by atoms with van der Waals surface area (Å²) in [5.74, 6) is 0.460. The molecule has 1 nitrogen and oxygen atoms in total. The van der Waals surface area contributed by atoms with Crippen LogP contribution in [-0.2, 0) is 0 Å². The Hall–Kier alpha value is -0.270. The molecule has 72 valence electrons. The molecule has 1 aromatic rings. The molecule has 0 aromatic carbocycles. The Balaban J connectivity index is 2.88. The lowest BCUT2D eigenvalue weighted by Crippen LogP contribution is -1.95. The third-order valence-electron chi connectivity index (χ3n) is 2.10. The number of hydrogen-bond donors (Lipinski definition) is 0. The molecular weight excluding hydrogens is 205 g/mol. The van der Waals surface area contributed by atoms with Crippen molar-refractivity contribution in [1.29, 1.82) is 0 Å². The molecule has 0 bridgehead atoms. The Morgan fingerprint density at radius 3 is 2.62 bits per heavy atom. The van der Waals surface area contributed by atoms with Crippen molar-refractivity contribution in [3.05, 3.63) is 28.0 Å². The highest BCUT2D eigenvalue weighted by molar-refractivity contribution is 6.32. The van der Waals surface area contributed by atoms with Crippen molar-refractivity contribution in [2.45, 2.75) is 32.6 Å². The summed E-state index contributed by atoms with van der Waals surface area (Å²) in [4.78, 5) is 4.01. The number of pyridine rings is 1. The smallest absolute Gasteiger partial charge is 0.134 e. The van der Waals surface area contributed by atoms with Gasteiger partial charge in [-0.05, 0) is 24.0 Å². The van der Waals surface area contributed by atoms with Gasteiger partial charge in [0.1, 0.15) is 10.3 Å². The maximum absolute atomic E-state index is 5.96. The first kappa shape index (κ1) is 10.8. The van der Waals surface area contributed by atoms with Gasteiger partial charge in [-0.3, -0.25) is 0 Å². The first-order valence-corrected chi connectivity index (χ1v) is 5.22. The number of aromatic nitrogens is 1. The van der Waals surface area contributed by atoms with Gasteiger partial charge in [-0.2, -0.15) is 0 Å². The number of nitrogens with zero attached hydrogens (tertiary/aromatic N) is 1. The highest BCUT2D eigenvalue weighted by atomic mass is 35.5. The lowest BCUT2D eigenvalue weighted by atomic mass is 9.98. The summed E-state index contributed by atoms with van der Waals surface area (Å²) in [5, 5.41) is 0.992. The van der Waals surface area contributed by atoms with E-state index in [1.807, 2.05) is 6.07 Å². The summed E-state index contributed by atoms with van der Waals surface area (Å²) < 4.78 is 0. The normalized spacial score (nSPS) is 12.9. The fourth-order valence-corrected chi connectivity index (χ4v) is 1.91. The molecule has 1 unspecified atom stereocenters. The third-order valence-corrected chi connectivity index (χ3v) is 2.61. The summed E-state index contributed by atoms with van der Waals surface area (Å²) in [6, 6.07) is 3.74. The minimum Gasteiger partial charge on any atom is -0.224 e.